The fraction of sp³-hybridized carbons (Fsp3) is 0.500. The molecule has 1 aromatic rings. The van der Waals surface area contributed by atoms with Crippen molar-refractivity contribution in [1.29, 1.82) is 0 Å². The van der Waals surface area contributed by atoms with E-state index in [9.17, 15) is 4.39 Å². The summed E-state index contributed by atoms with van der Waals surface area (Å²) < 4.78 is 19.7. The summed E-state index contributed by atoms with van der Waals surface area (Å²) in [6.07, 6.45) is 0.719. The lowest BCUT2D eigenvalue weighted by Gasteiger charge is -2.33. The molecule has 0 aromatic heterocycles. The standard InChI is InChI=1S/C12H17BrFNO/c1-4-12(2,16-3)11(15)8-6-5-7-9(13)10(8)14/h5-7,11H,4,15H2,1-3H3. The summed E-state index contributed by atoms with van der Waals surface area (Å²) in [7, 11) is 1.60. The van der Waals surface area contributed by atoms with E-state index < -0.39 is 11.6 Å². The Hall–Kier alpha value is -0.450. The van der Waals surface area contributed by atoms with E-state index in [0.29, 0.717) is 10.0 Å². The second kappa shape index (κ2) is 5.25. The Kier molecular flexibility index (Phi) is 4.47. The van der Waals surface area contributed by atoms with Gasteiger partial charge in [0.1, 0.15) is 5.82 Å². The summed E-state index contributed by atoms with van der Waals surface area (Å²) in [5, 5.41) is 0. The number of ether oxygens (including phenoxy) is 1. The monoisotopic (exact) mass is 289 g/mol. The average molecular weight is 290 g/mol. The van der Waals surface area contributed by atoms with E-state index in [1.807, 2.05) is 13.8 Å². The fourth-order valence-electron chi connectivity index (χ4n) is 1.58. The maximum atomic E-state index is 13.9. The van der Waals surface area contributed by atoms with Crippen LogP contribution >= 0.6 is 15.9 Å². The summed E-state index contributed by atoms with van der Waals surface area (Å²) in [5.41, 5.74) is 6.00. The van der Waals surface area contributed by atoms with Crippen molar-refractivity contribution < 1.29 is 9.13 Å². The van der Waals surface area contributed by atoms with Crippen LogP contribution in [0.4, 0.5) is 4.39 Å². The molecule has 0 bridgehead atoms. The SMILES string of the molecule is CCC(C)(OC)C(N)c1cccc(Br)c1F. The summed E-state index contributed by atoms with van der Waals surface area (Å²) in [5.74, 6) is -0.313. The molecule has 2 atom stereocenters. The van der Waals surface area contributed by atoms with E-state index in [0.717, 1.165) is 6.42 Å². The molecule has 0 aliphatic heterocycles. The summed E-state index contributed by atoms with van der Waals surface area (Å²) in [6.45, 7) is 3.86. The predicted octanol–water partition coefficient (Wildman–Crippen LogP) is 3.40. The van der Waals surface area contributed by atoms with Crippen molar-refractivity contribution >= 4 is 15.9 Å². The molecule has 2 unspecified atom stereocenters. The number of hydrogen-bond acceptors (Lipinski definition) is 2. The van der Waals surface area contributed by atoms with Gasteiger partial charge in [0.15, 0.2) is 0 Å². The first-order chi connectivity index (χ1) is 7.46. The molecule has 0 saturated carbocycles. The van der Waals surface area contributed by atoms with E-state index in [-0.39, 0.29) is 5.82 Å². The average Bonchev–Trinajstić information content (AvgIpc) is 2.31. The molecule has 1 rings (SSSR count). The molecule has 0 saturated heterocycles. The quantitative estimate of drug-likeness (QED) is 0.922. The first kappa shape index (κ1) is 13.6. The molecule has 2 N–H and O–H groups in total. The molecule has 0 heterocycles. The highest BCUT2D eigenvalue weighted by Crippen LogP contribution is 2.32. The van der Waals surface area contributed by atoms with E-state index in [4.69, 9.17) is 10.5 Å². The highest BCUT2D eigenvalue weighted by molar-refractivity contribution is 9.10. The molecule has 0 fully saturated rings. The number of rotatable bonds is 4. The van der Waals surface area contributed by atoms with Gasteiger partial charge in [0.25, 0.3) is 0 Å². The minimum absolute atomic E-state index is 0.313. The Morgan fingerprint density at radius 2 is 2.19 bits per heavy atom. The van der Waals surface area contributed by atoms with Gasteiger partial charge < -0.3 is 10.5 Å². The highest BCUT2D eigenvalue weighted by atomic mass is 79.9. The van der Waals surface area contributed by atoms with Crippen molar-refractivity contribution in [2.75, 3.05) is 7.11 Å². The largest absolute Gasteiger partial charge is 0.377 e. The Bertz CT molecular complexity index is 366. The number of hydrogen-bond donors (Lipinski definition) is 1. The maximum absolute atomic E-state index is 13.9. The van der Waals surface area contributed by atoms with Crippen LogP contribution in [-0.4, -0.2) is 12.7 Å². The van der Waals surface area contributed by atoms with Gasteiger partial charge in [0.05, 0.1) is 16.1 Å². The molecule has 2 nitrogen and oxygen atoms in total. The van der Waals surface area contributed by atoms with Crippen LogP contribution < -0.4 is 5.73 Å². The van der Waals surface area contributed by atoms with Crippen LogP contribution in [0.25, 0.3) is 0 Å². The summed E-state index contributed by atoms with van der Waals surface area (Å²) >= 11 is 3.15. The van der Waals surface area contributed by atoms with Crippen LogP contribution in [0.3, 0.4) is 0 Å². The molecule has 0 amide bonds. The molecule has 90 valence electrons. The molecular formula is C12H17BrFNO. The maximum Gasteiger partial charge on any atom is 0.142 e. The van der Waals surface area contributed by atoms with Crippen molar-refractivity contribution in [1.82, 2.24) is 0 Å². The van der Waals surface area contributed by atoms with Gasteiger partial charge in [-0.05, 0) is 35.3 Å². The molecule has 0 radical (unpaired) electrons. The van der Waals surface area contributed by atoms with Gasteiger partial charge in [0.2, 0.25) is 0 Å². The van der Waals surface area contributed by atoms with Gasteiger partial charge >= 0.3 is 0 Å². The first-order valence-electron chi connectivity index (χ1n) is 5.21. The van der Waals surface area contributed by atoms with Crippen molar-refractivity contribution in [2.45, 2.75) is 31.9 Å². The van der Waals surface area contributed by atoms with E-state index in [2.05, 4.69) is 15.9 Å². The number of nitrogens with two attached hydrogens (primary N) is 1. The van der Waals surface area contributed by atoms with Crippen molar-refractivity contribution in [3.63, 3.8) is 0 Å². The topological polar surface area (TPSA) is 35.2 Å². The summed E-state index contributed by atoms with van der Waals surface area (Å²) in [4.78, 5) is 0. The van der Waals surface area contributed by atoms with Gasteiger partial charge in [-0.25, -0.2) is 4.39 Å². The molecule has 0 aliphatic carbocycles. The molecule has 4 heteroatoms. The van der Waals surface area contributed by atoms with Gasteiger partial charge in [0, 0.05) is 12.7 Å². The van der Waals surface area contributed by atoms with E-state index in [1.165, 1.54) is 0 Å². The third kappa shape index (κ3) is 2.44. The number of benzene rings is 1. The van der Waals surface area contributed by atoms with Crippen molar-refractivity contribution in [2.24, 2.45) is 5.73 Å². The van der Waals surface area contributed by atoms with Gasteiger partial charge in [-0.3, -0.25) is 0 Å². The predicted molar refractivity (Wildman–Crippen MR) is 66.7 cm³/mol. The lowest BCUT2D eigenvalue weighted by atomic mass is 9.88. The van der Waals surface area contributed by atoms with Crippen LogP contribution in [0.2, 0.25) is 0 Å². The second-order valence-corrected chi connectivity index (χ2v) is 4.85. The van der Waals surface area contributed by atoms with Crippen molar-refractivity contribution in [3.05, 3.63) is 34.1 Å². The van der Waals surface area contributed by atoms with Crippen LogP contribution in [0.1, 0.15) is 31.9 Å². The lowest BCUT2D eigenvalue weighted by Crippen LogP contribution is -2.40. The molecule has 16 heavy (non-hydrogen) atoms. The Morgan fingerprint density at radius 1 is 1.56 bits per heavy atom. The fourth-order valence-corrected chi connectivity index (χ4v) is 1.96. The molecule has 1 aromatic carbocycles. The van der Waals surface area contributed by atoms with Gasteiger partial charge in [-0.15, -0.1) is 0 Å². The highest BCUT2D eigenvalue weighted by Gasteiger charge is 2.32. The zero-order valence-electron chi connectivity index (χ0n) is 9.76. The van der Waals surface area contributed by atoms with Crippen molar-refractivity contribution in [3.8, 4) is 0 Å². The Morgan fingerprint density at radius 3 is 2.69 bits per heavy atom. The van der Waals surface area contributed by atoms with Crippen LogP contribution in [0.15, 0.2) is 22.7 Å². The van der Waals surface area contributed by atoms with Crippen LogP contribution in [-0.2, 0) is 4.74 Å². The van der Waals surface area contributed by atoms with Gasteiger partial charge in [-0.2, -0.15) is 0 Å². The van der Waals surface area contributed by atoms with Crippen LogP contribution in [0.5, 0.6) is 0 Å². The van der Waals surface area contributed by atoms with Gasteiger partial charge in [-0.1, -0.05) is 19.1 Å². The second-order valence-electron chi connectivity index (χ2n) is 3.99. The summed E-state index contributed by atoms with van der Waals surface area (Å²) in [6, 6.07) is 4.63. The molecule has 0 spiro atoms. The zero-order chi connectivity index (χ0) is 12.3. The van der Waals surface area contributed by atoms with Crippen LogP contribution in [0, 0.1) is 5.82 Å². The first-order valence-corrected chi connectivity index (χ1v) is 6.00. The Labute approximate surface area is 104 Å². The minimum atomic E-state index is -0.554. The number of methoxy groups -OCH3 is 1. The number of halogens is 2. The molecular weight excluding hydrogens is 273 g/mol. The smallest absolute Gasteiger partial charge is 0.142 e. The Balaban J connectivity index is 3.13. The third-order valence-electron chi connectivity index (χ3n) is 3.14. The van der Waals surface area contributed by atoms with E-state index in [1.54, 1.807) is 25.3 Å². The molecule has 0 aliphatic rings. The normalized spacial score (nSPS) is 16.9. The third-order valence-corrected chi connectivity index (χ3v) is 3.76. The minimum Gasteiger partial charge on any atom is -0.377 e. The van der Waals surface area contributed by atoms with E-state index >= 15 is 0 Å². The zero-order valence-corrected chi connectivity index (χ0v) is 11.3. The lowest BCUT2D eigenvalue weighted by molar-refractivity contribution is -0.0202.